The van der Waals surface area contributed by atoms with Gasteiger partial charge in [-0.3, -0.25) is 4.79 Å². The zero-order chi connectivity index (χ0) is 21.3. The van der Waals surface area contributed by atoms with E-state index in [9.17, 15) is 9.18 Å². The minimum Gasteiger partial charge on any atom is -0.496 e. The maximum absolute atomic E-state index is 13.8. The van der Waals surface area contributed by atoms with Gasteiger partial charge in [-0.05, 0) is 42.8 Å². The lowest BCUT2D eigenvalue weighted by atomic mass is 10.1. The summed E-state index contributed by atoms with van der Waals surface area (Å²) in [5, 5.41) is 6.86. The molecular formula is C23H18ClFN2O2S. The monoisotopic (exact) mass is 440 g/mol. The predicted molar refractivity (Wildman–Crippen MR) is 119 cm³/mol. The van der Waals surface area contributed by atoms with Gasteiger partial charge in [0.2, 0.25) is 0 Å². The third kappa shape index (κ3) is 3.93. The van der Waals surface area contributed by atoms with Gasteiger partial charge in [-0.25, -0.2) is 9.40 Å². The predicted octanol–water partition coefficient (Wildman–Crippen LogP) is 6.05. The van der Waals surface area contributed by atoms with E-state index in [1.807, 2.05) is 37.3 Å². The first-order chi connectivity index (χ1) is 14.5. The van der Waals surface area contributed by atoms with Crippen molar-refractivity contribution in [3.63, 3.8) is 0 Å². The highest BCUT2D eigenvalue weighted by Crippen LogP contribution is 2.45. The highest BCUT2D eigenvalue weighted by Gasteiger charge is 2.36. The fraction of sp³-hybridized carbons (Fsp3) is 0.130. The fourth-order valence-corrected chi connectivity index (χ4v) is 4.53. The van der Waals surface area contributed by atoms with Gasteiger partial charge in [-0.15, -0.1) is 0 Å². The maximum Gasteiger partial charge on any atom is 0.275 e. The molecule has 1 atom stereocenters. The second kappa shape index (κ2) is 8.50. The molecule has 3 aromatic carbocycles. The van der Waals surface area contributed by atoms with E-state index in [0.717, 1.165) is 11.1 Å². The van der Waals surface area contributed by atoms with Crippen LogP contribution in [0.3, 0.4) is 0 Å². The number of hydrogen-bond acceptors (Lipinski definition) is 4. The van der Waals surface area contributed by atoms with Gasteiger partial charge < -0.3 is 4.74 Å². The van der Waals surface area contributed by atoms with Crippen molar-refractivity contribution in [1.29, 1.82) is 0 Å². The van der Waals surface area contributed by atoms with E-state index in [0.29, 0.717) is 26.9 Å². The molecule has 0 radical (unpaired) electrons. The van der Waals surface area contributed by atoms with Gasteiger partial charge in [0.05, 0.1) is 7.11 Å². The third-order valence-corrected chi connectivity index (χ3v) is 6.25. The third-order valence-electron chi connectivity index (χ3n) is 4.78. The van der Waals surface area contributed by atoms with Crippen LogP contribution in [0.5, 0.6) is 5.75 Å². The van der Waals surface area contributed by atoms with E-state index in [2.05, 4.69) is 5.10 Å². The lowest BCUT2D eigenvalue weighted by Gasteiger charge is -2.23. The number of rotatable bonds is 4. The molecule has 0 aliphatic carbocycles. The van der Waals surface area contributed by atoms with Crippen LogP contribution in [0.4, 0.5) is 4.39 Å². The Balaban J connectivity index is 1.79. The number of thioether (sulfide) groups is 1. The summed E-state index contributed by atoms with van der Waals surface area (Å²) >= 11 is 7.42. The van der Waals surface area contributed by atoms with Crippen molar-refractivity contribution in [3.05, 3.63) is 99.8 Å². The van der Waals surface area contributed by atoms with Crippen LogP contribution < -0.4 is 4.74 Å². The molecule has 1 aliphatic heterocycles. The first-order valence-corrected chi connectivity index (χ1v) is 10.5. The molecule has 0 fully saturated rings. The van der Waals surface area contributed by atoms with Gasteiger partial charge >= 0.3 is 0 Å². The van der Waals surface area contributed by atoms with Gasteiger partial charge in [0.25, 0.3) is 5.91 Å². The Morgan fingerprint density at radius 1 is 1.13 bits per heavy atom. The second-order valence-electron chi connectivity index (χ2n) is 6.73. The zero-order valence-corrected chi connectivity index (χ0v) is 17.9. The fourth-order valence-electron chi connectivity index (χ4n) is 3.22. The molecule has 1 aliphatic rings. The number of carbonyl (C=O) groups excluding carboxylic acids is 1. The number of hydrogen-bond donors (Lipinski definition) is 0. The first kappa shape index (κ1) is 20.4. The number of methoxy groups -OCH3 is 1. The number of amides is 1. The Morgan fingerprint density at radius 3 is 2.57 bits per heavy atom. The maximum atomic E-state index is 13.8. The Morgan fingerprint density at radius 2 is 1.87 bits per heavy atom. The van der Waals surface area contributed by atoms with Gasteiger partial charge in [-0.1, -0.05) is 53.7 Å². The average Bonchev–Trinajstić information content (AvgIpc) is 3.19. The van der Waals surface area contributed by atoms with Crippen LogP contribution in [0.2, 0.25) is 5.02 Å². The van der Waals surface area contributed by atoms with Crippen molar-refractivity contribution in [2.45, 2.75) is 12.3 Å². The van der Waals surface area contributed by atoms with Crippen LogP contribution in [-0.2, 0) is 0 Å². The number of aryl methyl sites for hydroxylation is 1. The summed E-state index contributed by atoms with van der Waals surface area (Å²) in [7, 11) is 1.48. The van der Waals surface area contributed by atoms with Crippen LogP contribution in [0.15, 0.2) is 71.8 Å². The molecule has 1 heterocycles. The van der Waals surface area contributed by atoms with Crippen molar-refractivity contribution in [1.82, 2.24) is 5.01 Å². The normalized spacial score (nSPS) is 15.8. The topological polar surface area (TPSA) is 41.9 Å². The molecule has 0 unspecified atom stereocenters. The summed E-state index contributed by atoms with van der Waals surface area (Å²) < 4.78 is 19.2. The molecule has 0 spiro atoms. The molecule has 30 heavy (non-hydrogen) atoms. The van der Waals surface area contributed by atoms with Crippen LogP contribution in [-0.4, -0.2) is 23.1 Å². The second-order valence-corrected chi connectivity index (χ2v) is 8.24. The van der Waals surface area contributed by atoms with Gasteiger partial charge in [0.1, 0.15) is 22.0 Å². The molecule has 1 amide bonds. The lowest BCUT2D eigenvalue weighted by Crippen LogP contribution is -2.27. The van der Waals surface area contributed by atoms with Crippen LogP contribution in [0.25, 0.3) is 0 Å². The van der Waals surface area contributed by atoms with E-state index in [1.165, 1.54) is 36.0 Å². The molecule has 3 aromatic rings. The van der Waals surface area contributed by atoms with Crippen molar-refractivity contribution in [3.8, 4) is 5.75 Å². The summed E-state index contributed by atoms with van der Waals surface area (Å²) in [5.74, 6) is -0.280. The molecule has 0 N–H and O–H groups in total. The van der Waals surface area contributed by atoms with Crippen LogP contribution in [0.1, 0.15) is 32.4 Å². The summed E-state index contributed by atoms with van der Waals surface area (Å²) in [4.78, 5) is 13.4. The molecule has 0 saturated heterocycles. The van der Waals surface area contributed by atoms with E-state index >= 15 is 0 Å². The molecule has 4 nitrogen and oxygen atoms in total. The molecule has 152 valence electrons. The van der Waals surface area contributed by atoms with E-state index in [1.54, 1.807) is 24.3 Å². The minimum absolute atomic E-state index is 0.235. The first-order valence-electron chi connectivity index (χ1n) is 9.22. The SMILES string of the molecule is COc1cc(F)ccc1[C@H]1SC(c2ccc(Cl)cc2)=NN1C(=O)c1ccccc1C. The summed E-state index contributed by atoms with van der Waals surface area (Å²) in [5.41, 5.74) is 2.92. The zero-order valence-electron chi connectivity index (χ0n) is 16.3. The Hall–Kier alpha value is -2.83. The van der Waals surface area contributed by atoms with Crippen LogP contribution >= 0.6 is 23.4 Å². The molecule has 4 rings (SSSR count). The molecular weight excluding hydrogens is 423 g/mol. The number of nitrogens with zero attached hydrogens (tertiary/aromatic N) is 2. The van der Waals surface area contributed by atoms with E-state index in [-0.39, 0.29) is 5.91 Å². The van der Waals surface area contributed by atoms with E-state index in [4.69, 9.17) is 16.3 Å². The number of carbonyl (C=O) groups is 1. The van der Waals surface area contributed by atoms with Crippen molar-refractivity contribution in [2.24, 2.45) is 5.10 Å². The van der Waals surface area contributed by atoms with E-state index < -0.39 is 11.2 Å². The largest absolute Gasteiger partial charge is 0.496 e. The summed E-state index contributed by atoms with van der Waals surface area (Å²) in [6, 6.07) is 18.9. The van der Waals surface area contributed by atoms with Gasteiger partial charge in [0.15, 0.2) is 0 Å². The summed E-state index contributed by atoms with van der Waals surface area (Å²) in [6.45, 7) is 1.88. The number of ether oxygens (including phenoxy) is 1. The molecule has 0 saturated carbocycles. The number of halogens is 2. The highest BCUT2D eigenvalue weighted by atomic mass is 35.5. The van der Waals surface area contributed by atoms with Crippen molar-refractivity contribution >= 4 is 34.3 Å². The lowest BCUT2D eigenvalue weighted by molar-refractivity contribution is 0.0747. The minimum atomic E-state index is -0.502. The Labute approximate surface area is 183 Å². The average molecular weight is 441 g/mol. The molecule has 0 aromatic heterocycles. The summed E-state index contributed by atoms with van der Waals surface area (Å²) in [6.07, 6.45) is 0. The smallest absolute Gasteiger partial charge is 0.275 e. The number of hydrazone groups is 1. The Kier molecular flexibility index (Phi) is 5.79. The molecule has 7 heteroatoms. The van der Waals surface area contributed by atoms with Crippen molar-refractivity contribution < 1.29 is 13.9 Å². The standard InChI is InChI=1S/C23H18ClFN2O2S/c1-14-5-3-4-6-18(14)22(28)27-23(19-12-11-17(25)13-20(19)29-2)30-21(26-27)15-7-9-16(24)10-8-15/h3-13,23H,1-2H3/t23-/m1/s1. The van der Waals surface area contributed by atoms with Gasteiger partial charge in [0, 0.05) is 27.8 Å². The molecule has 0 bridgehead atoms. The van der Waals surface area contributed by atoms with Gasteiger partial charge in [-0.2, -0.15) is 5.10 Å². The Bertz CT molecular complexity index is 1130. The van der Waals surface area contributed by atoms with Crippen molar-refractivity contribution in [2.75, 3.05) is 7.11 Å². The number of benzene rings is 3. The quantitative estimate of drug-likeness (QED) is 0.496. The highest BCUT2D eigenvalue weighted by molar-refractivity contribution is 8.14. The van der Waals surface area contributed by atoms with Crippen LogP contribution in [0, 0.1) is 12.7 Å².